The third-order valence-corrected chi connectivity index (χ3v) is 8.60. The van der Waals surface area contributed by atoms with Crippen molar-refractivity contribution in [3.05, 3.63) is 88.7 Å². The Bertz CT molecular complexity index is 1600. The Balaban J connectivity index is 1.34. The number of benzene rings is 3. The molecule has 0 spiro atoms. The normalized spacial score (nSPS) is 18.4. The highest BCUT2D eigenvalue weighted by Gasteiger charge is 2.30. The van der Waals surface area contributed by atoms with E-state index in [9.17, 15) is 19.2 Å². The molecule has 4 bridgehead atoms. The molecule has 2 heterocycles. The van der Waals surface area contributed by atoms with E-state index in [4.69, 9.17) is 9.47 Å². The lowest BCUT2D eigenvalue weighted by Crippen LogP contribution is -2.46. The largest absolute Gasteiger partial charge is 0.493 e. The van der Waals surface area contributed by atoms with Crippen molar-refractivity contribution in [2.45, 2.75) is 58.0 Å². The van der Waals surface area contributed by atoms with Crippen LogP contribution < -0.4 is 25.4 Å². The number of halogens is 1. The summed E-state index contributed by atoms with van der Waals surface area (Å²) in [6.45, 7) is 2.92. The first-order valence-electron chi connectivity index (χ1n) is 16.1. The topological polar surface area (TPSA) is 126 Å². The van der Waals surface area contributed by atoms with E-state index in [1.54, 1.807) is 30.0 Å². The molecule has 0 saturated carbocycles. The number of carbonyl (C=O) groups is 4. The summed E-state index contributed by atoms with van der Waals surface area (Å²) in [4.78, 5) is 54.3. The van der Waals surface area contributed by atoms with E-state index in [2.05, 4.69) is 28.1 Å². The van der Waals surface area contributed by atoms with Gasteiger partial charge < -0.3 is 30.3 Å². The highest BCUT2D eigenvalue weighted by Crippen LogP contribution is 2.34. The summed E-state index contributed by atoms with van der Waals surface area (Å²) < 4.78 is 26.3. The van der Waals surface area contributed by atoms with E-state index in [0.29, 0.717) is 68.6 Å². The van der Waals surface area contributed by atoms with Gasteiger partial charge in [-0.3, -0.25) is 19.2 Å². The lowest BCUT2D eigenvalue weighted by atomic mass is 10.0. The van der Waals surface area contributed by atoms with Crippen molar-refractivity contribution in [3.63, 3.8) is 0 Å². The highest BCUT2D eigenvalue weighted by molar-refractivity contribution is 5.95. The van der Waals surface area contributed by atoms with Gasteiger partial charge in [-0.1, -0.05) is 37.3 Å². The quantitative estimate of drug-likeness (QED) is 0.391. The molecule has 3 aromatic rings. The van der Waals surface area contributed by atoms with E-state index in [1.165, 1.54) is 36.4 Å². The smallest absolute Gasteiger partial charge is 0.251 e. The zero-order valence-corrected chi connectivity index (χ0v) is 26.8. The number of nitrogens with zero attached hydrogens (tertiary/aromatic N) is 1. The number of amides is 4. The molecule has 0 aromatic heterocycles. The first-order valence-corrected chi connectivity index (χ1v) is 16.1. The number of nitrogens with one attached hydrogen (secondary N) is 3. The summed E-state index contributed by atoms with van der Waals surface area (Å²) in [6, 6.07) is 16.3. The monoisotopic (exact) mass is 644 g/mol. The standard InChI is InChI=1S/C36H41FN4O6/c1-3-29-35(44)39-22-23-11-13-30(28(37)18-23)47-32-21-26(12-14-31(32)46-2)34(43)38-15-7-17-41(16-6-10-33(42)40-29)36(45)27-19-24-8-4-5-9-25(24)20-27/h4-5,8-9,11-14,18,21,27,29H,3,6-7,10,15-17,19-20,22H2,1-2H3,(H,38,43)(H,39,44)(H,40,42)/t29-/m0/s1. The van der Waals surface area contributed by atoms with Crippen LogP contribution in [0.5, 0.6) is 17.2 Å². The molecule has 3 aliphatic rings. The molecule has 1 aliphatic carbocycles. The summed E-state index contributed by atoms with van der Waals surface area (Å²) in [5, 5.41) is 8.45. The molecule has 6 rings (SSSR count). The number of ether oxygens (including phenoxy) is 2. The van der Waals surface area contributed by atoms with Crippen LogP contribution in [0.15, 0.2) is 60.7 Å². The fourth-order valence-corrected chi connectivity index (χ4v) is 6.01. The molecule has 0 fully saturated rings. The van der Waals surface area contributed by atoms with Crippen molar-refractivity contribution < 1.29 is 33.0 Å². The van der Waals surface area contributed by atoms with E-state index in [1.807, 2.05) is 12.1 Å². The van der Waals surface area contributed by atoms with Gasteiger partial charge in [-0.2, -0.15) is 0 Å². The lowest BCUT2D eigenvalue weighted by Gasteiger charge is -2.26. The van der Waals surface area contributed by atoms with Gasteiger partial charge in [0, 0.05) is 44.1 Å². The first-order chi connectivity index (χ1) is 22.7. The van der Waals surface area contributed by atoms with Crippen LogP contribution in [0, 0.1) is 11.7 Å². The SMILES string of the molecule is CC[C@@H]1NC(=O)CCCN(C(=O)C2Cc3ccccc3C2)CCCNC(=O)c2ccc(OC)c(c2)Oc2ccc(cc2F)CNC1=O. The minimum atomic E-state index is -0.755. The molecule has 4 amide bonds. The number of methoxy groups -OCH3 is 1. The second-order valence-corrected chi connectivity index (χ2v) is 11.9. The second-order valence-electron chi connectivity index (χ2n) is 11.9. The molecule has 11 heteroatoms. The van der Waals surface area contributed by atoms with Gasteiger partial charge in [0.1, 0.15) is 6.04 Å². The van der Waals surface area contributed by atoms with E-state index in [0.717, 1.165) is 0 Å². The zero-order valence-electron chi connectivity index (χ0n) is 26.8. The Kier molecular flexibility index (Phi) is 11.1. The summed E-state index contributed by atoms with van der Waals surface area (Å²) in [6.07, 6.45) is 2.77. The number of carbonyl (C=O) groups excluding carboxylic acids is 4. The maximum Gasteiger partial charge on any atom is 0.251 e. The Morgan fingerprint density at radius 3 is 2.40 bits per heavy atom. The van der Waals surface area contributed by atoms with Crippen molar-refractivity contribution >= 4 is 23.6 Å². The van der Waals surface area contributed by atoms with E-state index >= 15 is 4.39 Å². The van der Waals surface area contributed by atoms with Gasteiger partial charge in [-0.15, -0.1) is 0 Å². The molecule has 3 N–H and O–H groups in total. The molecular weight excluding hydrogens is 603 g/mol. The van der Waals surface area contributed by atoms with Crippen LogP contribution in [0.3, 0.4) is 0 Å². The maximum atomic E-state index is 15.1. The van der Waals surface area contributed by atoms with Gasteiger partial charge in [0.15, 0.2) is 23.1 Å². The fourth-order valence-electron chi connectivity index (χ4n) is 6.01. The average Bonchev–Trinajstić information content (AvgIpc) is 3.52. The summed E-state index contributed by atoms with van der Waals surface area (Å²) in [7, 11) is 1.45. The van der Waals surface area contributed by atoms with Crippen LogP contribution in [0.4, 0.5) is 4.39 Å². The molecule has 47 heavy (non-hydrogen) atoms. The minimum Gasteiger partial charge on any atom is -0.493 e. The van der Waals surface area contributed by atoms with Crippen LogP contribution in [0.1, 0.15) is 59.7 Å². The molecule has 0 unspecified atom stereocenters. The van der Waals surface area contributed by atoms with Crippen LogP contribution in [-0.2, 0) is 33.8 Å². The number of fused-ring (bicyclic) bond motifs is 17. The van der Waals surface area contributed by atoms with Crippen LogP contribution in [-0.4, -0.2) is 61.3 Å². The van der Waals surface area contributed by atoms with Crippen molar-refractivity contribution in [1.29, 1.82) is 0 Å². The van der Waals surface area contributed by atoms with Crippen molar-refractivity contribution in [3.8, 4) is 17.2 Å². The minimum absolute atomic E-state index is 0.0281. The summed E-state index contributed by atoms with van der Waals surface area (Å²) in [5.41, 5.74) is 3.15. The fraction of sp³-hybridized carbons (Fsp3) is 0.389. The molecule has 0 radical (unpaired) electrons. The molecule has 0 saturated heterocycles. The Morgan fingerprint density at radius 2 is 1.70 bits per heavy atom. The van der Waals surface area contributed by atoms with Gasteiger partial charge in [-0.05, 0) is 79.1 Å². The number of hydrogen-bond acceptors (Lipinski definition) is 6. The van der Waals surface area contributed by atoms with Crippen LogP contribution in [0.25, 0.3) is 0 Å². The number of rotatable bonds is 3. The van der Waals surface area contributed by atoms with Gasteiger partial charge in [0.2, 0.25) is 17.7 Å². The average molecular weight is 645 g/mol. The highest BCUT2D eigenvalue weighted by atomic mass is 19.1. The molecule has 1 atom stereocenters. The molecule has 2 aliphatic heterocycles. The Labute approximate surface area is 274 Å². The predicted molar refractivity (Wildman–Crippen MR) is 174 cm³/mol. The molecule has 3 aromatic carbocycles. The molecular formula is C36H41FN4O6. The first kappa shape index (κ1) is 33.4. The van der Waals surface area contributed by atoms with Gasteiger partial charge in [-0.25, -0.2) is 4.39 Å². The van der Waals surface area contributed by atoms with E-state index < -0.39 is 11.9 Å². The van der Waals surface area contributed by atoms with Crippen molar-refractivity contribution in [1.82, 2.24) is 20.9 Å². The summed E-state index contributed by atoms with van der Waals surface area (Å²) in [5.74, 6) is -1.43. The molecule has 248 valence electrons. The Morgan fingerprint density at radius 1 is 0.957 bits per heavy atom. The number of hydrogen-bond donors (Lipinski definition) is 3. The van der Waals surface area contributed by atoms with Crippen molar-refractivity contribution in [2.24, 2.45) is 5.92 Å². The van der Waals surface area contributed by atoms with Crippen molar-refractivity contribution in [2.75, 3.05) is 26.7 Å². The Hall–Kier alpha value is -4.93. The van der Waals surface area contributed by atoms with Crippen LogP contribution >= 0.6 is 0 Å². The summed E-state index contributed by atoms with van der Waals surface area (Å²) >= 11 is 0. The maximum absolute atomic E-state index is 15.1. The zero-order chi connectivity index (χ0) is 33.3. The third kappa shape index (κ3) is 8.46. The predicted octanol–water partition coefficient (Wildman–Crippen LogP) is 4.29. The second kappa shape index (κ2) is 15.6. The van der Waals surface area contributed by atoms with Gasteiger partial charge >= 0.3 is 0 Å². The third-order valence-electron chi connectivity index (χ3n) is 8.60. The molecule has 10 nitrogen and oxygen atoms in total. The van der Waals surface area contributed by atoms with Gasteiger partial charge in [0.25, 0.3) is 5.91 Å². The lowest BCUT2D eigenvalue weighted by molar-refractivity contribution is -0.135. The van der Waals surface area contributed by atoms with Crippen LogP contribution in [0.2, 0.25) is 0 Å². The van der Waals surface area contributed by atoms with E-state index in [-0.39, 0.29) is 54.0 Å². The van der Waals surface area contributed by atoms with Gasteiger partial charge in [0.05, 0.1) is 7.11 Å².